The summed E-state index contributed by atoms with van der Waals surface area (Å²) in [5, 5.41) is 4.04. The molecule has 0 saturated carbocycles. The van der Waals surface area contributed by atoms with Crippen molar-refractivity contribution in [2.45, 2.75) is 32.8 Å². The Hall–Kier alpha value is -3.96. The zero-order valence-electron chi connectivity index (χ0n) is 23.3. The van der Waals surface area contributed by atoms with Crippen LogP contribution in [-0.4, -0.2) is 65.8 Å². The number of carbonyl (C=O) groups is 2. The quantitative estimate of drug-likeness (QED) is 0.345. The normalized spacial score (nSPS) is 13.6. The lowest BCUT2D eigenvalue weighted by Gasteiger charge is -2.37. The van der Waals surface area contributed by atoms with Crippen molar-refractivity contribution in [1.29, 1.82) is 0 Å². The van der Waals surface area contributed by atoms with E-state index in [9.17, 15) is 9.59 Å². The number of nitrogens with zero attached hydrogens (tertiary/aromatic N) is 4. The second-order valence-electron chi connectivity index (χ2n) is 10.5. The summed E-state index contributed by atoms with van der Waals surface area (Å²) in [6.07, 6.45) is -0.137. The third-order valence-corrected chi connectivity index (χ3v) is 7.07. The Bertz CT molecular complexity index is 1430. The van der Waals surface area contributed by atoms with Gasteiger partial charge in [-0.05, 0) is 50.6 Å². The molecule has 0 spiro atoms. The summed E-state index contributed by atoms with van der Waals surface area (Å²) in [5.41, 5.74) is 13.2. The largest absolute Gasteiger partial charge is 0.494 e. The molecule has 218 valence electrons. The van der Waals surface area contributed by atoms with E-state index in [-0.39, 0.29) is 29.7 Å². The molecular formula is C28H33Cl2N7O4. The first kappa shape index (κ1) is 30.0. The number of amides is 2. The monoisotopic (exact) mass is 601 g/mol. The highest BCUT2D eigenvalue weighted by Crippen LogP contribution is 2.34. The van der Waals surface area contributed by atoms with Gasteiger partial charge in [-0.15, -0.1) is 0 Å². The van der Waals surface area contributed by atoms with Crippen LogP contribution in [0.5, 0.6) is 5.75 Å². The number of primary amides is 1. The highest BCUT2D eigenvalue weighted by molar-refractivity contribution is 6.36. The summed E-state index contributed by atoms with van der Waals surface area (Å²) in [7, 11) is 1.54. The predicted octanol–water partition coefficient (Wildman–Crippen LogP) is 4.86. The van der Waals surface area contributed by atoms with Crippen LogP contribution < -0.4 is 26.4 Å². The summed E-state index contributed by atoms with van der Waals surface area (Å²) in [5.74, 6) is 0.0569. The van der Waals surface area contributed by atoms with Crippen molar-refractivity contribution >= 4 is 58.2 Å². The van der Waals surface area contributed by atoms with E-state index in [2.05, 4.69) is 20.2 Å². The fraction of sp³-hybridized carbons (Fsp3) is 0.357. The van der Waals surface area contributed by atoms with Crippen molar-refractivity contribution in [3.63, 3.8) is 0 Å². The molecule has 2 heterocycles. The minimum absolute atomic E-state index is 0.0524. The van der Waals surface area contributed by atoms with E-state index in [0.717, 1.165) is 5.69 Å². The van der Waals surface area contributed by atoms with Crippen molar-refractivity contribution in [2.24, 2.45) is 5.73 Å². The lowest BCUT2D eigenvalue weighted by atomic mass is 10.1. The van der Waals surface area contributed by atoms with Gasteiger partial charge in [0.15, 0.2) is 0 Å². The average molecular weight is 603 g/mol. The van der Waals surface area contributed by atoms with Gasteiger partial charge in [0.2, 0.25) is 0 Å². The van der Waals surface area contributed by atoms with Crippen LogP contribution in [0.2, 0.25) is 10.0 Å². The van der Waals surface area contributed by atoms with Crippen LogP contribution in [0.3, 0.4) is 0 Å². The van der Waals surface area contributed by atoms with Gasteiger partial charge in [-0.2, -0.15) is 0 Å². The Morgan fingerprint density at radius 1 is 1.05 bits per heavy atom. The van der Waals surface area contributed by atoms with Gasteiger partial charge in [-0.1, -0.05) is 29.3 Å². The standard InChI is InChI=1S/C28H33Cl2N7O4/c1-28(2,3)41-27(39)37-12-10-36(11-13-37)16-8-9-20(21(14-16)40-4)33-26-23(25(32)38)24(31)34-22(35-26)15-17-18(29)6-5-7-19(17)30/h5-9,14H,10-13,15H2,1-4H3,(H2,32,38)(H3,31,33,34,35). The Morgan fingerprint density at radius 3 is 2.29 bits per heavy atom. The molecule has 1 saturated heterocycles. The predicted molar refractivity (Wildman–Crippen MR) is 161 cm³/mol. The van der Waals surface area contributed by atoms with E-state index in [1.165, 1.54) is 0 Å². The third kappa shape index (κ3) is 7.22. The van der Waals surface area contributed by atoms with Gasteiger partial charge in [-0.3, -0.25) is 4.79 Å². The van der Waals surface area contributed by atoms with Crippen LogP contribution in [0, 0.1) is 0 Å². The van der Waals surface area contributed by atoms with Gasteiger partial charge in [-0.25, -0.2) is 14.8 Å². The first-order chi connectivity index (χ1) is 19.4. The minimum atomic E-state index is -0.786. The molecule has 13 heteroatoms. The van der Waals surface area contributed by atoms with Crippen LogP contribution >= 0.6 is 23.2 Å². The molecule has 41 heavy (non-hydrogen) atoms. The molecule has 1 aliphatic rings. The first-order valence-corrected chi connectivity index (χ1v) is 13.7. The van der Waals surface area contributed by atoms with Crippen molar-refractivity contribution in [3.8, 4) is 5.75 Å². The number of nitrogen functional groups attached to an aromatic ring is 1. The molecule has 1 aromatic heterocycles. The molecule has 5 N–H and O–H groups in total. The molecule has 1 aliphatic heterocycles. The van der Waals surface area contributed by atoms with E-state index >= 15 is 0 Å². The molecule has 3 aromatic rings. The molecular weight excluding hydrogens is 569 g/mol. The fourth-order valence-corrected chi connectivity index (χ4v) is 4.91. The molecule has 2 amide bonds. The van der Waals surface area contributed by atoms with E-state index in [0.29, 0.717) is 59.0 Å². The maximum absolute atomic E-state index is 12.4. The number of benzene rings is 2. The Balaban J connectivity index is 1.56. The number of piperazine rings is 1. The van der Waals surface area contributed by atoms with E-state index in [4.69, 9.17) is 44.1 Å². The van der Waals surface area contributed by atoms with E-state index in [1.807, 2.05) is 39.0 Å². The maximum Gasteiger partial charge on any atom is 0.410 e. The van der Waals surface area contributed by atoms with Crippen LogP contribution in [0.4, 0.5) is 27.8 Å². The molecule has 0 atom stereocenters. The molecule has 11 nitrogen and oxygen atoms in total. The average Bonchev–Trinajstić information content (AvgIpc) is 2.90. The molecule has 0 aliphatic carbocycles. The number of aromatic nitrogens is 2. The second kappa shape index (κ2) is 12.3. The molecule has 2 aromatic carbocycles. The summed E-state index contributed by atoms with van der Waals surface area (Å²) < 4.78 is 11.1. The fourth-order valence-electron chi connectivity index (χ4n) is 4.38. The number of anilines is 4. The smallest absolute Gasteiger partial charge is 0.410 e. The summed E-state index contributed by atoms with van der Waals surface area (Å²) in [6, 6.07) is 10.8. The zero-order valence-corrected chi connectivity index (χ0v) is 24.8. The summed E-state index contributed by atoms with van der Waals surface area (Å²) in [6.45, 7) is 7.84. The van der Waals surface area contributed by atoms with E-state index in [1.54, 1.807) is 30.2 Å². The third-order valence-electron chi connectivity index (χ3n) is 6.36. The van der Waals surface area contributed by atoms with Crippen LogP contribution in [0.15, 0.2) is 36.4 Å². The van der Waals surface area contributed by atoms with Crippen LogP contribution in [-0.2, 0) is 11.2 Å². The summed E-state index contributed by atoms with van der Waals surface area (Å²) in [4.78, 5) is 37.4. The Labute approximate surface area is 248 Å². The Kier molecular flexibility index (Phi) is 8.98. The minimum Gasteiger partial charge on any atom is -0.494 e. The lowest BCUT2D eigenvalue weighted by Crippen LogP contribution is -2.50. The Morgan fingerprint density at radius 2 is 1.71 bits per heavy atom. The first-order valence-electron chi connectivity index (χ1n) is 12.9. The second-order valence-corrected chi connectivity index (χ2v) is 11.3. The van der Waals surface area contributed by atoms with Gasteiger partial charge < -0.3 is 36.1 Å². The van der Waals surface area contributed by atoms with E-state index < -0.39 is 11.5 Å². The number of halogens is 2. The van der Waals surface area contributed by atoms with Crippen LogP contribution in [0.25, 0.3) is 0 Å². The highest BCUT2D eigenvalue weighted by atomic mass is 35.5. The number of nitrogens with one attached hydrogen (secondary N) is 1. The van der Waals surface area contributed by atoms with Gasteiger partial charge in [0.05, 0.1) is 12.8 Å². The van der Waals surface area contributed by atoms with Gasteiger partial charge in [0.1, 0.15) is 34.4 Å². The highest BCUT2D eigenvalue weighted by Gasteiger charge is 2.27. The number of ether oxygens (including phenoxy) is 2. The van der Waals surface area contributed by atoms with Crippen molar-refractivity contribution < 1.29 is 19.1 Å². The van der Waals surface area contributed by atoms with Gasteiger partial charge >= 0.3 is 6.09 Å². The van der Waals surface area contributed by atoms with Crippen molar-refractivity contribution in [3.05, 3.63) is 63.4 Å². The number of hydrogen-bond acceptors (Lipinski definition) is 9. The summed E-state index contributed by atoms with van der Waals surface area (Å²) >= 11 is 12.7. The number of nitrogens with two attached hydrogens (primary N) is 2. The molecule has 0 unspecified atom stereocenters. The SMILES string of the molecule is COc1cc(N2CCN(C(=O)OC(C)(C)C)CC2)ccc1Nc1nc(Cc2c(Cl)cccc2Cl)nc(N)c1C(N)=O. The number of hydrogen-bond donors (Lipinski definition) is 3. The molecule has 4 rings (SSSR count). The molecule has 1 fully saturated rings. The number of carbonyl (C=O) groups excluding carboxylic acids is 2. The maximum atomic E-state index is 12.4. The molecule has 0 bridgehead atoms. The van der Waals surface area contributed by atoms with Gasteiger partial charge in [0, 0.05) is 54.4 Å². The number of rotatable bonds is 7. The topological polar surface area (TPSA) is 149 Å². The van der Waals surface area contributed by atoms with Crippen LogP contribution in [0.1, 0.15) is 42.5 Å². The number of methoxy groups -OCH3 is 1. The van der Waals surface area contributed by atoms with Crippen molar-refractivity contribution in [1.82, 2.24) is 14.9 Å². The van der Waals surface area contributed by atoms with Gasteiger partial charge in [0.25, 0.3) is 5.91 Å². The lowest BCUT2D eigenvalue weighted by molar-refractivity contribution is 0.0240. The van der Waals surface area contributed by atoms with Crippen molar-refractivity contribution in [2.75, 3.05) is 49.2 Å². The zero-order chi connectivity index (χ0) is 29.9. The molecule has 0 radical (unpaired) electrons.